The van der Waals surface area contributed by atoms with E-state index in [-0.39, 0.29) is 0 Å². The molecule has 0 saturated heterocycles. The third kappa shape index (κ3) is 1.73. The van der Waals surface area contributed by atoms with E-state index in [1.54, 1.807) is 0 Å². The Morgan fingerprint density at radius 3 is 1.88 bits per heavy atom. The molecule has 0 bridgehead atoms. The van der Waals surface area contributed by atoms with Gasteiger partial charge in [0.1, 0.15) is 0 Å². The van der Waals surface area contributed by atoms with Gasteiger partial charge >= 0.3 is 5.76 Å². The SMILES string of the molecule is CCS(=O)(=O)C(F)F. The third-order valence-electron chi connectivity index (χ3n) is 0.674. The zero-order valence-corrected chi connectivity index (χ0v) is 5.08. The highest BCUT2D eigenvalue weighted by molar-refractivity contribution is 7.91. The first-order chi connectivity index (χ1) is 3.50. The lowest BCUT2D eigenvalue weighted by molar-refractivity contribution is 0.235. The highest BCUT2D eigenvalue weighted by Gasteiger charge is 2.20. The first-order valence-electron chi connectivity index (χ1n) is 2.00. The van der Waals surface area contributed by atoms with Crippen molar-refractivity contribution in [2.75, 3.05) is 5.75 Å². The summed E-state index contributed by atoms with van der Waals surface area (Å²) in [5.41, 5.74) is 0. The highest BCUT2D eigenvalue weighted by atomic mass is 32.2. The summed E-state index contributed by atoms with van der Waals surface area (Å²) in [5, 5.41) is 0. The first-order valence-corrected chi connectivity index (χ1v) is 3.72. The molecular formula is C3H6F2O2S. The van der Waals surface area contributed by atoms with Crippen LogP contribution in [0.25, 0.3) is 0 Å². The number of alkyl halides is 2. The van der Waals surface area contributed by atoms with Crippen molar-refractivity contribution in [1.29, 1.82) is 0 Å². The largest absolute Gasteiger partial charge is 0.336 e. The van der Waals surface area contributed by atoms with Crippen LogP contribution in [0.5, 0.6) is 0 Å². The molecule has 0 aliphatic carbocycles. The molecule has 0 aromatic rings. The summed E-state index contributed by atoms with van der Waals surface area (Å²) in [4.78, 5) is 0. The van der Waals surface area contributed by atoms with Crippen LogP contribution in [-0.2, 0) is 9.84 Å². The lowest BCUT2D eigenvalue weighted by atomic mass is 11.0. The van der Waals surface area contributed by atoms with Gasteiger partial charge in [0.2, 0.25) is 9.84 Å². The third-order valence-corrected chi connectivity index (χ3v) is 2.02. The van der Waals surface area contributed by atoms with Gasteiger partial charge in [0, 0.05) is 0 Å². The van der Waals surface area contributed by atoms with E-state index in [9.17, 15) is 17.2 Å². The Bertz CT molecular complexity index is 149. The van der Waals surface area contributed by atoms with Gasteiger partial charge in [-0.15, -0.1) is 0 Å². The van der Waals surface area contributed by atoms with E-state index >= 15 is 0 Å². The van der Waals surface area contributed by atoms with Crippen molar-refractivity contribution in [3.8, 4) is 0 Å². The first kappa shape index (κ1) is 7.81. The maximum atomic E-state index is 11.2. The van der Waals surface area contributed by atoms with Crippen LogP contribution in [0, 0.1) is 0 Å². The summed E-state index contributed by atoms with van der Waals surface area (Å²) >= 11 is 0. The fraction of sp³-hybridized carbons (Fsp3) is 1.00. The Morgan fingerprint density at radius 2 is 1.88 bits per heavy atom. The molecule has 0 heterocycles. The molecule has 0 aromatic carbocycles. The molecule has 0 aliphatic heterocycles. The van der Waals surface area contributed by atoms with E-state index in [1.807, 2.05) is 0 Å². The van der Waals surface area contributed by atoms with Gasteiger partial charge in [-0.2, -0.15) is 8.78 Å². The normalized spacial score (nSPS) is 12.5. The van der Waals surface area contributed by atoms with Crippen molar-refractivity contribution in [1.82, 2.24) is 0 Å². The topological polar surface area (TPSA) is 34.1 Å². The summed E-state index contributed by atoms with van der Waals surface area (Å²) in [6.07, 6.45) is 0. The second-order valence-electron chi connectivity index (χ2n) is 1.21. The molecule has 5 heteroatoms. The van der Waals surface area contributed by atoms with Crippen LogP contribution < -0.4 is 0 Å². The van der Waals surface area contributed by atoms with Crippen molar-refractivity contribution < 1.29 is 17.2 Å². The molecule has 0 fully saturated rings. The molecule has 0 N–H and O–H groups in total. The summed E-state index contributed by atoms with van der Waals surface area (Å²) in [5.74, 6) is -3.71. The van der Waals surface area contributed by atoms with E-state index in [0.717, 1.165) is 0 Å². The van der Waals surface area contributed by atoms with E-state index in [2.05, 4.69) is 0 Å². The Kier molecular flexibility index (Phi) is 2.33. The molecule has 0 radical (unpaired) electrons. The predicted octanol–water partition coefficient (Wildman–Crippen LogP) is 0.644. The minimum atomic E-state index is -4.07. The maximum Gasteiger partial charge on any atom is 0.336 e. The number of hydrogen-bond donors (Lipinski definition) is 0. The van der Waals surface area contributed by atoms with Crippen LogP contribution in [0.15, 0.2) is 0 Å². The minimum absolute atomic E-state index is 0.495. The molecule has 0 aliphatic rings. The smallest absolute Gasteiger partial charge is 0.223 e. The Labute approximate surface area is 46.4 Å². The molecule has 0 amide bonds. The Balaban J connectivity index is 4.17. The summed E-state index contributed by atoms with van der Waals surface area (Å²) < 4.78 is 42.3. The number of halogens is 2. The lowest BCUT2D eigenvalue weighted by Crippen LogP contribution is -2.12. The van der Waals surface area contributed by atoms with Crippen LogP contribution >= 0.6 is 0 Å². The van der Waals surface area contributed by atoms with Gasteiger partial charge in [-0.05, 0) is 0 Å². The quantitative estimate of drug-likeness (QED) is 0.570. The molecule has 8 heavy (non-hydrogen) atoms. The second-order valence-corrected chi connectivity index (χ2v) is 3.47. The van der Waals surface area contributed by atoms with Crippen molar-refractivity contribution >= 4 is 9.84 Å². The average molecular weight is 144 g/mol. The fourth-order valence-electron chi connectivity index (χ4n) is 0.126. The molecule has 0 spiro atoms. The summed E-state index contributed by atoms with van der Waals surface area (Å²) in [7, 11) is -4.07. The highest BCUT2D eigenvalue weighted by Crippen LogP contribution is 2.03. The maximum absolute atomic E-state index is 11.2. The van der Waals surface area contributed by atoms with Gasteiger partial charge in [-0.25, -0.2) is 8.42 Å². The molecule has 0 unspecified atom stereocenters. The molecule has 0 aromatic heterocycles. The molecule has 0 atom stereocenters. The van der Waals surface area contributed by atoms with Crippen LogP contribution in [0.3, 0.4) is 0 Å². The van der Waals surface area contributed by atoms with E-state index in [0.29, 0.717) is 0 Å². The number of sulfone groups is 1. The number of hydrogen-bond acceptors (Lipinski definition) is 2. The Hall–Kier alpha value is -0.190. The fourth-order valence-corrected chi connectivity index (χ4v) is 0.378. The van der Waals surface area contributed by atoms with Crippen LogP contribution in [-0.4, -0.2) is 19.9 Å². The van der Waals surface area contributed by atoms with Gasteiger partial charge in [0.25, 0.3) is 0 Å². The van der Waals surface area contributed by atoms with Gasteiger partial charge in [0.15, 0.2) is 0 Å². The molecule has 0 saturated carbocycles. The molecule has 50 valence electrons. The second kappa shape index (κ2) is 2.39. The molecular weight excluding hydrogens is 138 g/mol. The zero-order valence-electron chi connectivity index (χ0n) is 4.27. The van der Waals surface area contributed by atoms with Gasteiger partial charge in [-0.1, -0.05) is 6.92 Å². The lowest BCUT2D eigenvalue weighted by Gasteiger charge is -1.94. The summed E-state index contributed by atoms with van der Waals surface area (Å²) in [6, 6.07) is 0. The van der Waals surface area contributed by atoms with Gasteiger partial charge < -0.3 is 0 Å². The van der Waals surface area contributed by atoms with Crippen LogP contribution in [0.1, 0.15) is 6.92 Å². The van der Waals surface area contributed by atoms with E-state index in [4.69, 9.17) is 0 Å². The zero-order chi connectivity index (χ0) is 6.78. The molecule has 0 rings (SSSR count). The Morgan fingerprint density at radius 1 is 1.50 bits per heavy atom. The minimum Gasteiger partial charge on any atom is -0.223 e. The van der Waals surface area contributed by atoms with Crippen molar-refractivity contribution in [3.05, 3.63) is 0 Å². The van der Waals surface area contributed by atoms with Crippen LogP contribution in [0.2, 0.25) is 0 Å². The van der Waals surface area contributed by atoms with E-state index < -0.39 is 21.3 Å². The monoisotopic (exact) mass is 144 g/mol. The van der Waals surface area contributed by atoms with Crippen molar-refractivity contribution in [3.63, 3.8) is 0 Å². The summed E-state index contributed by atoms with van der Waals surface area (Å²) in [6.45, 7) is 1.18. The standard InChI is InChI=1S/C3H6F2O2S/c1-2-8(6,7)3(4)5/h3H,2H2,1H3. The van der Waals surface area contributed by atoms with Crippen molar-refractivity contribution in [2.24, 2.45) is 0 Å². The van der Waals surface area contributed by atoms with Crippen molar-refractivity contribution in [2.45, 2.75) is 12.7 Å². The van der Waals surface area contributed by atoms with E-state index in [1.165, 1.54) is 6.92 Å². The number of rotatable bonds is 2. The van der Waals surface area contributed by atoms with Gasteiger partial charge in [-0.3, -0.25) is 0 Å². The average Bonchev–Trinajstić information content (AvgIpc) is 1.67. The molecule has 2 nitrogen and oxygen atoms in total. The van der Waals surface area contributed by atoms with Gasteiger partial charge in [0.05, 0.1) is 5.75 Å². The van der Waals surface area contributed by atoms with Crippen LogP contribution in [0.4, 0.5) is 8.78 Å². The predicted molar refractivity (Wildman–Crippen MR) is 25.5 cm³/mol.